The van der Waals surface area contributed by atoms with Gasteiger partial charge in [-0.05, 0) is 41.0 Å². The van der Waals surface area contributed by atoms with E-state index >= 15 is 0 Å². The molecule has 4 aromatic rings. The summed E-state index contributed by atoms with van der Waals surface area (Å²) in [5.74, 6) is 7.03. The van der Waals surface area contributed by atoms with Gasteiger partial charge in [0, 0.05) is 26.1 Å². The highest BCUT2D eigenvalue weighted by atomic mass is 16.5. The van der Waals surface area contributed by atoms with E-state index in [1.54, 1.807) is 21.9 Å². The lowest BCUT2D eigenvalue weighted by molar-refractivity contribution is -0.0434. The molecule has 0 radical (unpaired) electrons. The Hall–Kier alpha value is -4.35. The van der Waals surface area contributed by atoms with E-state index < -0.39 is 18.4 Å². The summed E-state index contributed by atoms with van der Waals surface area (Å²) in [4.78, 5) is 19.5. The highest BCUT2D eigenvalue weighted by Gasteiger charge is 2.36. The molecule has 3 heterocycles. The van der Waals surface area contributed by atoms with Crippen molar-refractivity contribution < 1.29 is 14.9 Å². The monoisotopic (exact) mass is 481 g/mol. The Morgan fingerprint density at radius 2 is 1.92 bits per heavy atom. The van der Waals surface area contributed by atoms with Crippen molar-refractivity contribution in [1.82, 2.24) is 24.4 Å². The lowest BCUT2D eigenvalue weighted by atomic mass is 10.0. The van der Waals surface area contributed by atoms with Crippen molar-refractivity contribution >= 4 is 34.1 Å². The summed E-state index contributed by atoms with van der Waals surface area (Å²) in [5, 5.41) is 30.9. The first-order valence-electron chi connectivity index (χ1n) is 11.3. The van der Waals surface area contributed by atoms with Crippen molar-refractivity contribution in [3.63, 3.8) is 0 Å². The minimum absolute atomic E-state index is 0.253. The highest BCUT2D eigenvalue weighted by Crippen LogP contribution is 2.33. The predicted molar refractivity (Wildman–Crippen MR) is 133 cm³/mol. The highest BCUT2D eigenvalue weighted by molar-refractivity contribution is 5.86. The van der Waals surface area contributed by atoms with Gasteiger partial charge in [0.2, 0.25) is 0 Å². The van der Waals surface area contributed by atoms with Gasteiger partial charge in [0.1, 0.15) is 18.7 Å². The van der Waals surface area contributed by atoms with Crippen LogP contribution in [0.1, 0.15) is 29.6 Å². The number of fused-ring (bicyclic) bond motifs is 2. The van der Waals surface area contributed by atoms with Crippen molar-refractivity contribution in [2.75, 3.05) is 20.7 Å². The van der Waals surface area contributed by atoms with Gasteiger partial charge < -0.3 is 19.8 Å². The zero-order valence-electron chi connectivity index (χ0n) is 19.7. The molecule has 0 aliphatic carbocycles. The van der Waals surface area contributed by atoms with Gasteiger partial charge in [0.25, 0.3) is 0 Å². The molecular formula is C26H23N7O3. The number of benzene rings is 2. The van der Waals surface area contributed by atoms with Crippen LogP contribution in [0.25, 0.3) is 21.9 Å². The molecule has 1 aliphatic rings. The molecule has 10 heteroatoms. The summed E-state index contributed by atoms with van der Waals surface area (Å²) in [6, 6.07) is 13.4. The standard InChI is InChI=1S/C26H23N7O3/c1-32(2)15-30-25-24-26(29-14-28-25)33(23-11-20(35)21(13-34)36-23)22(31-24)8-5-16-3-6-19-10-17(12-27)4-7-18(19)9-16/h3-4,6-7,9-10,14-15,20-21,23,34-35H,11,13H2,1-2H3/b30-15+/t20-,21+,23+/m0/s1. The molecule has 0 unspecified atom stereocenters. The zero-order valence-corrected chi connectivity index (χ0v) is 19.7. The fourth-order valence-corrected chi connectivity index (χ4v) is 4.08. The molecular weight excluding hydrogens is 458 g/mol. The van der Waals surface area contributed by atoms with Crippen LogP contribution in [-0.2, 0) is 4.74 Å². The van der Waals surface area contributed by atoms with Gasteiger partial charge in [-0.2, -0.15) is 5.26 Å². The molecule has 1 aliphatic heterocycles. The normalized spacial score (nSPS) is 19.5. The lowest BCUT2D eigenvalue weighted by Gasteiger charge is -2.14. The number of aliphatic hydroxyl groups excluding tert-OH is 2. The van der Waals surface area contributed by atoms with E-state index in [1.165, 1.54) is 6.33 Å². The van der Waals surface area contributed by atoms with E-state index in [2.05, 4.69) is 37.9 Å². The summed E-state index contributed by atoms with van der Waals surface area (Å²) >= 11 is 0. The number of aliphatic imine (C=N–C) groups is 1. The maximum absolute atomic E-state index is 10.3. The Balaban J connectivity index is 1.61. The molecule has 1 fully saturated rings. The second-order valence-electron chi connectivity index (χ2n) is 8.64. The van der Waals surface area contributed by atoms with Crippen LogP contribution < -0.4 is 0 Å². The van der Waals surface area contributed by atoms with E-state index in [0.29, 0.717) is 28.4 Å². The van der Waals surface area contributed by atoms with Crippen molar-refractivity contribution in [3.05, 3.63) is 59.7 Å². The number of ether oxygens (including phenoxy) is 1. The van der Waals surface area contributed by atoms with Gasteiger partial charge in [0.15, 0.2) is 22.8 Å². The number of aromatic nitrogens is 4. The Kier molecular flexibility index (Phi) is 6.32. The van der Waals surface area contributed by atoms with Crippen LogP contribution in [0, 0.1) is 23.2 Å². The Morgan fingerprint density at radius 3 is 2.61 bits per heavy atom. The number of imidazole rings is 1. The first-order chi connectivity index (χ1) is 17.5. The van der Waals surface area contributed by atoms with E-state index in [0.717, 1.165) is 16.3 Å². The van der Waals surface area contributed by atoms with Crippen LogP contribution in [0.2, 0.25) is 0 Å². The third-order valence-electron chi connectivity index (χ3n) is 5.83. The van der Waals surface area contributed by atoms with Gasteiger partial charge in [-0.15, -0.1) is 0 Å². The Labute approximate surface area is 207 Å². The van der Waals surface area contributed by atoms with Gasteiger partial charge >= 0.3 is 0 Å². The summed E-state index contributed by atoms with van der Waals surface area (Å²) in [5.41, 5.74) is 2.29. The number of aliphatic hydroxyl groups is 2. The summed E-state index contributed by atoms with van der Waals surface area (Å²) in [7, 11) is 3.70. The summed E-state index contributed by atoms with van der Waals surface area (Å²) in [6.45, 7) is -0.302. The average Bonchev–Trinajstić information content (AvgIpc) is 3.45. The molecule has 180 valence electrons. The van der Waals surface area contributed by atoms with E-state index in [-0.39, 0.29) is 13.0 Å². The SMILES string of the molecule is CN(C)/C=N/c1ncnc2c1nc(C#Cc1ccc3cc(C#N)ccc3c1)n2[C@H]1C[C@H](O)[C@@H](CO)O1. The first kappa shape index (κ1) is 23.4. The van der Waals surface area contributed by atoms with Crippen molar-refractivity contribution in [2.45, 2.75) is 24.9 Å². The maximum atomic E-state index is 10.3. The van der Waals surface area contributed by atoms with Crippen molar-refractivity contribution in [2.24, 2.45) is 4.99 Å². The fraction of sp³-hybridized carbons (Fsp3) is 0.269. The number of hydrogen-bond donors (Lipinski definition) is 2. The molecule has 0 amide bonds. The van der Waals surface area contributed by atoms with Crippen LogP contribution in [0.4, 0.5) is 5.82 Å². The average molecular weight is 482 g/mol. The molecule has 0 saturated carbocycles. The number of rotatable bonds is 4. The quantitative estimate of drug-likeness (QED) is 0.257. The minimum atomic E-state index is -0.829. The first-order valence-corrected chi connectivity index (χ1v) is 11.3. The van der Waals surface area contributed by atoms with Gasteiger partial charge in [-0.1, -0.05) is 18.1 Å². The van der Waals surface area contributed by atoms with Crippen LogP contribution in [0.15, 0.2) is 47.7 Å². The van der Waals surface area contributed by atoms with E-state index in [9.17, 15) is 10.2 Å². The molecule has 2 N–H and O–H groups in total. The fourth-order valence-electron chi connectivity index (χ4n) is 4.08. The molecule has 0 bridgehead atoms. The molecule has 5 rings (SSSR count). The van der Waals surface area contributed by atoms with Gasteiger partial charge in [0.05, 0.1) is 30.7 Å². The second-order valence-corrected chi connectivity index (χ2v) is 8.64. The van der Waals surface area contributed by atoms with Crippen molar-refractivity contribution in [3.8, 4) is 17.9 Å². The third-order valence-corrected chi connectivity index (χ3v) is 5.83. The van der Waals surface area contributed by atoms with Crippen LogP contribution >= 0.6 is 0 Å². The zero-order chi connectivity index (χ0) is 25.2. The molecule has 0 spiro atoms. The van der Waals surface area contributed by atoms with Gasteiger partial charge in [-0.25, -0.2) is 19.9 Å². The Bertz CT molecular complexity index is 1580. The number of nitriles is 1. The Morgan fingerprint density at radius 1 is 1.17 bits per heavy atom. The third kappa shape index (κ3) is 4.49. The molecule has 2 aromatic heterocycles. The second kappa shape index (κ2) is 9.72. The van der Waals surface area contributed by atoms with Crippen molar-refractivity contribution in [1.29, 1.82) is 5.26 Å². The smallest absolute Gasteiger partial charge is 0.190 e. The van der Waals surface area contributed by atoms with Crippen LogP contribution in [0.3, 0.4) is 0 Å². The maximum Gasteiger partial charge on any atom is 0.190 e. The molecule has 1 saturated heterocycles. The predicted octanol–water partition coefficient (Wildman–Crippen LogP) is 2.11. The summed E-state index contributed by atoms with van der Waals surface area (Å²) in [6.07, 6.45) is 1.12. The molecule has 3 atom stereocenters. The molecule has 2 aromatic carbocycles. The lowest BCUT2D eigenvalue weighted by Crippen LogP contribution is -2.24. The number of nitrogens with zero attached hydrogens (tertiary/aromatic N) is 7. The molecule has 10 nitrogen and oxygen atoms in total. The van der Waals surface area contributed by atoms with E-state index in [4.69, 9.17) is 10.00 Å². The van der Waals surface area contributed by atoms with Crippen LogP contribution in [0.5, 0.6) is 0 Å². The largest absolute Gasteiger partial charge is 0.394 e. The van der Waals surface area contributed by atoms with Crippen LogP contribution in [-0.4, -0.2) is 73.9 Å². The topological polar surface area (TPSA) is 133 Å². The molecule has 36 heavy (non-hydrogen) atoms. The van der Waals surface area contributed by atoms with Gasteiger partial charge in [-0.3, -0.25) is 4.57 Å². The van der Waals surface area contributed by atoms with E-state index in [1.807, 2.05) is 44.4 Å². The summed E-state index contributed by atoms with van der Waals surface area (Å²) < 4.78 is 7.63. The number of hydrogen-bond acceptors (Lipinski definition) is 8. The minimum Gasteiger partial charge on any atom is -0.394 e.